The van der Waals surface area contributed by atoms with E-state index in [0.29, 0.717) is 29.7 Å². The van der Waals surface area contributed by atoms with Crippen LogP contribution in [-0.4, -0.2) is 29.8 Å². The summed E-state index contributed by atoms with van der Waals surface area (Å²) in [5.41, 5.74) is 3.45. The fraction of sp³-hybridized carbons (Fsp3) is 0.200. The van der Waals surface area contributed by atoms with Crippen LogP contribution in [0.25, 0.3) is 22.5 Å². The van der Waals surface area contributed by atoms with Crippen LogP contribution in [0.2, 0.25) is 0 Å². The molecule has 0 N–H and O–H groups in total. The Morgan fingerprint density at radius 1 is 0.767 bits per heavy atom. The maximum Gasteiger partial charge on any atom is 0.162 e. The molecule has 5 nitrogen and oxygen atoms in total. The second kappa shape index (κ2) is 10.0. The normalized spacial score (nSPS) is 10.0. The lowest BCUT2D eigenvalue weighted by Crippen LogP contribution is -2.00. The smallest absolute Gasteiger partial charge is 0.162 e. The number of aryl methyl sites for hydroxylation is 1. The van der Waals surface area contributed by atoms with Crippen molar-refractivity contribution in [2.75, 3.05) is 19.8 Å². The fourth-order valence-electron chi connectivity index (χ4n) is 2.88. The summed E-state index contributed by atoms with van der Waals surface area (Å²) in [5, 5.41) is 0. The molecule has 1 aromatic heterocycles. The Balaban J connectivity index is 1.94. The number of nitrogens with zero attached hydrogens (tertiary/aromatic N) is 2. The van der Waals surface area contributed by atoms with E-state index < -0.39 is 0 Å². The van der Waals surface area contributed by atoms with Gasteiger partial charge in [0.2, 0.25) is 0 Å². The lowest BCUT2D eigenvalue weighted by Gasteiger charge is -2.13. The van der Waals surface area contributed by atoms with Crippen LogP contribution < -0.4 is 14.2 Å². The van der Waals surface area contributed by atoms with Crippen LogP contribution in [0.5, 0.6) is 17.2 Å². The minimum Gasteiger partial charge on any atom is -0.490 e. The topological polar surface area (TPSA) is 53.5 Å². The molecule has 5 heteroatoms. The predicted octanol–water partition coefficient (Wildman–Crippen LogP) is 4.54. The van der Waals surface area contributed by atoms with Gasteiger partial charge in [-0.1, -0.05) is 11.8 Å². The first kappa shape index (κ1) is 20.8. The van der Waals surface area contributed by atoms with Crippen LogP contribution in [0.1, 0.15) is 12.7 Å². The van der Waals surface area contributed by atoms with Gasteiger partial charge in [0.05, 0.1) is 18.0 Å². The van der Waals surface area contributed by atoms with Crippen molar-refractivity contribution >= 4 is 0 Å². The molecule has 0 aliphatic carbocycles. The van der Waals surface area contributed by atoms with E-state index in [9.17, 15) is 0 Å². The Morgan fingerprint density at radius 3 is 2.07 bits per heavy atom. The quantitative estimate of drug-likeness (QED) is 0.522. The molecule has 0 aliphatic heterocycles. The molecule has 0 aliphatic rings. The third-order valence-corrected chi connectivity index (χ3v) is 4.16. The maximum absolute atomic E-state index is 5.72. The lowest BCUT2D eigenvalue weighted by molar-refractivity contribution is 0.299. The number of ether oxygens (including phenoxy) is 3. The Morgan fingerprint density at radius 2 is 1.40 bits per heavy atom. The third kappa shape index (κ3) is 5.10. The van der Waals surface area contributed by atoms with Crippen molar-refractivity contribution in [2.45, 2.75) is 13.8 Å². The average molecular weight is 398 g/mol. The van der Waals surface area contributed by atoms with E-state index in [1.54, 1.807) is 0 Å². The van der Waals surface area contributed by atoms with Gasteiger partial charge < -0.3 is 14.2 Å². The molecule has 0 bridgehead atoms. The molecule has 150 valence electrons. The predicted molar refractivity (Wildman–Crippen MR) is 117 cm³/mol. The second-order valence-electron chi connectivity index (χ2n) is 6.29. The van der Waals surface area contributed by atoms with E-state index in [-0.39, 0.29) is 13.2 Å². The largest absolute Gasteiger partial charge is 0.490 e. The zero-order valence-corrected chi connectivity index (χ0v) is 17.0. The Hall–Kier alpha value is -3.96. The standard InChI is InChI=1S/C25H22N2O3/c1-5-14-29-21-11-8-19(9-12-21)22-17-23(27-18(4)26-22)20-10-13-24(30-15-6-2)25(16-20)28-7-3/h1-2,8-13,16-17H,7,14-15H2,3-4H3. The molecule has 30 heavy (non-hydrogen) atoms. The van der Waals surface area contributed by atoms with Gasteiger partial charge in [0.25, 0.3) is 0 Å². The van der Waals surface area contributed by atoms with Crippen molar-refractivity contribution in [3.05, 3.63) is 54.4 Å². The molecule has 0 amide bonds. The first-order valence-corrected chi connectivity index (χ1v) is 9.50. The van der Waals surface area contributed by atoms with E-state index in [2.05, 4.69) is 21.8 Å². The highest BCUT2D eigenvalue weighted by atomic mass is 16.5. The molecular weight excluding hydrogens is 376 g/mol. The monoisotopic (exact) mass is 398 g/mol. The number of aromatic nitrogens is 2. The number of terminal acetylenes is 2. The summed E-state index contributed by atoms with van der Waals surface area (Å²) < 4.78 is 16.7. The van der Waals surface area contributed by atoms with Crippen LogP contribution in [0, 0.1) is 31.6 Å². The molecule has 0 spiro atoms. The maximum atomic E-state index is 5.72. The van der Waals surface area contributed by atoms with Crippen molar-refractivity contribution in [1.29, 1.82) is 0 Å². The van der Waals surface area contributed by atoms with Crippen molar-refractivity contribution in [2.24, 2.45) is 0 Å². The fourth-order valence-corrected chi connectivity index (χ4v) is 2.88. The molecule has 1 heterocycles. The van der Waals surface area contributed by atoms with Crippen molar-refractivity contribution in [1.82, 2.24) is 9.97 Å². The zero-order chi connectivity index (χ0) is 21.3. The number of rotatable bonds is 8. The van der Waals surface area contributed by atoms with Gasteiger partial charge in [-0.15, -0.1) is 12.8 Å². The van der Waals surface area contributed by atoms with Gasteiger partial charge in [0, 0.05) is 11.1 Å². The van der Waals surface area contributed by atoms with Crippen LogP contribution >= 0.6 is 0 Å². The molecule has 0 radical (unpaired) electrons. The molecule has 2 aromatic carbocycles. The summed E-state index contributed by atoms with van der Waals surface area (Å²) >= 11 is 0. The van der Waals surface area contributed by atoms with Gasteiger partial charge >= 0.3 is 0 Å². The van der Waals surface area contributed by atoms with Crippen LogP contribution in [0.3, 0.4) is 0 Å². The van der Waals surface area contributed by atoms with E-state index in [4.69, 9.17) is 27.1 Å². The van der Waals surface area contributed by atoms with Crippen LogP contribution in [0.15, 0.2) is 48.5 Å². The van der Waals surface area contributed by atoms with Gasteiger partial charge in [0.1, 0.15) is 24.8 Å². The van der Waals surface area contributed by atoms with Gasteiger partial charge in [0.15, 0.2) is 11.5 Å². The first-order chi connectivity index (χ1) is 14.6. The highest BCUT2D eigenvalue weighted by molar-refractivity contribution is 5.70. The summed E-state index contributed by atoms with van der Waals surface area (Å²) in [6.45, 7) is 4.71. The Kier molecular flexibility index (Phi) is 6.92. The lowest BCUT2D eigenvalue weighted by atomic mass is 10.1. The van der Waals surface area contributed by atoms with E-state index >= 15 is 0 Å². The molecule has 0 unspecified atom stereocenters. The SMILES string of the molecule is C#CCOc1ccc(-c2cc(-c3ccc(OCC#C)c(OCC)c3)nc(C)n2)cc1. The minimum atomic E-state index is 0.178. The number of benzene rings is 2. The molecule has 0 atom stereocenters. The van der Waals surface area contributed by atoms with E-state index in [1.807, 2.05) is 62.4 Å². The summed E-state index contributed by atoms with van der Waals surface area (Å²) in [4.78, 5) is 9.17. The van der Waals surface area contributed by atoms with Gasteiger partial charge in [-0.25, -0.2) is 9.97 Å². The average Bonchev–Trinajstić information content (AvgIpc) is 2.77. The molecule has 0 fully saturated rings. The highest BCUT2D eigenvalue weighted by Gasteiger charge is 2.11. The first-order valence-electron chi connectivity index (χ1n) is 9.50. The minimum absolute atomic E-state index is 0.178. The summed E-state index contributed by atoms with van der Waals surface area (Å²) in [5.74, 6) is 7.52. The van der Waals surface area contributed by atoms with E-state index in [0.717, 1.165) is 22.5 Å². The number of hydrogen-bond donors (Lipinski definition) is 0. The molecule has 0 saturated heterocycles. The second-order valence-corrected chi connectivity index (χ2v) is 6.29. The van der Waals surface area contributed by atoms with Gasteiger partial charge in [-0.2, -0.15) is 0 Å². The van der Waals surface area contributed by atoms with Gasteiger partial charge in [-0.05, 0) is 62.4 Å². The summed E-state index contributed by atoms with van der Waals surface area (Å²) in [6.07, 6.45) is 10.5. The van der Waals surface area contributed by atoms with Crippen LogP contribution in [-0.2, 0) is 0 Å². The molecule has 0 saturated carbocycles. The Bertz CT molecular complexity index is 1090. The number of hydrogen-bond acceptors (Lipinski definition) is 5. The van der Waals surface area contributed by atoms with Crippen molar-refractivity contribution < 1.29 is 14.2 Å². The molecule has 3 rings (SSSR count). The molecular formula is C25H22N2O3. The highest BCUT2D eigenvalue weighted by Crippen LogP contribution is 2.33. The van der Waals surface area contributed by atoms with Crippen LogP contribution in [0.4, 0.5) is 0 Å². The summed E-state index contributed by atoms with van der Waals surface area (Å²) in [6, 6.07) is 15.2. The Labute approximate surface area is 177 Å². The summed E-state index contributed by atoms with van der Waals surface area (Å²) in [7, 11) is 0. The van der Waals surface area contributed by atoms with Crippen molar-refractivity contribution in [3.63, 3.8) is 0 Å². The van der Waals surface area contributed by atoms with E-state index in [1.165, 1.54) is 0 Å². The zero-order valence-electron chi connectivity index (χ0n) is 17.0. The van der Waals surface area contributed by atoms with Crippen molar-refractivity contribution in [3.8, 4) is 64.5 Å². The molecule has 3 aromatic rings. The van der Waals surface area contributed by atoms with Gasteiger partial charge in [-0.3, -0.25) is 0 Å². The third-order valence-electron chi connectivity index (χ3n) is 4.16.